The van der Waals surface area contributed by atoms with Crippen molar-refractivity contribution in [1.29, 1.82) is 0 Å². The summed E-state index contributed by atoms with van der Waals surface area (Å²) in [6.45, 7) is 6.32. The number of hydrogen-bond acceptors (Lipinski definition) is 6. The third-order valence-corrected chi connectivity index (χ3v) is 13.2. The van der Waals surface area contributed by atoms with E-state index in [1.54, 1.807) is 0 Å². The standard InChI is InChI=1S/C76H118O6/c1-4-7-10-13-16-19-21-23-25-27-29-31-33-35-37-38-40-41-43-45-47-49-51-53-55-57-60-63-66-69-75(78)81-72-73(71-80-74(77)68-65-62-59-18-15-12-9-6-3)82-76(79)70-67-64-61-58-56-54-52-50-48-46-44-42-39-36-34-32-30-28-26-24-22-20-17-14-11-8-5-2/h7-8,10-11,16-17,19-20,23-26,29-32,35-37,39-41,44-47,50,52,56,58,73H,4-6,9,12-15,18,21-22,27-28,33-34,38,42-43,48-49,51,53-55,57,59-72H2,1-3H3/b10-7-,11-8-,19-16-,20-17-,25-23-,26-24-,31-29-,32-30-,37-35-,39-36-,41-40-,46-44-,47-45-,52-50-,58-56-. The number of carbonyl (C=O) groups excluding carboxylic acids is 3. The summed E-state index contributed by atoms with van der Waals surface area (Å²) in [7, 11) is 0. The number of hydrogen-bond donors (Lipinski definition) is 0. The number of esters is 3. The predicted molar refractivity (Wildman–Crippen MR) is 357 cm³/mol. The van der Waals surface area contributed by atoms with Crippen molar-refractivity contribution in [3.63, 3.8) is 0 Å². The number of carbonyl (C=O) groups is 3. The molecule has 0 saturated heterocycles. The van der Waals surface area contributed by atoms with E-state index in [0.29, 0.717) is 19.3 Å². The maximum absolute atomic E-state index is 12.9. The van der Waals surface area contributed by atoms with E-state index in [1.807, 2.05) is 0 Å². The zero-order chi connectivity index (χ0) is 59.2. The van der Waals surface area contributed by atoms with Crippen molar-refractivity contribution >= 4 is 17.9 Å². The monoisotopic (exact) mass is 1130 g/mol. The lowest BCUT2D eigenvalue weighted by atomic mass is 10.1. The molecule has 458 valence electrons. The molecule has 0 rings (SSSR count). The molecule has 6 heteroatoms. The van der Waals surface area contributed by atoms with Gasteiger partial charge in [0.25, 0.3) is 0 Å². The first-order chi connectivity index (χ1) is 40.5. The summed E-state index contributed by atoms with van der Waals surface area (Å²) < 4.78 is 16.8. The SMILES string of the molecule is CC/C=C\C/C=C\C/C=C\C/C=C\C/C=C\C/C=C\C/C=C\C/C=C\CCCCC(=O)OC(COC(=O)CCCCCCCCCC)COC(=O)CCCCCCCCC/C=C\C/C=C\C/C=C\C/C=C\C/C=C\C/C=C\C/C=C\CC. The highest BCUT2D eigenvalue weighted by Crippen LogP contribution is 2.14. The van der Waals surface area contributed by atoms with Gasteiger partial charge in [-0.05, 0) is 141 Å². The van der Waals surface area contributed by atoms with Gasteiger partial charge in [0.15, 0.2) is 6.10 Å². The van der Waals surface area contributed by atoms with Crippen LogP contribution in [0.2, 0.25) is 0 Å². The van der Waals surface area contributed by atoms with E-state index < -0.39 is 6.10 Å². The molecular weight excluding hydrogens is 1010 g/mol. The third-order valence-electron chi connectivity index (χ3n) is 13.2. The minimum absolute atomic E-state index is 0.107. The fraction of sp³-hybridized carbons (Fsp3) is 0.566. The molecule has 0 radical (unpaired) electrons. The van der Waals surface area contributed by atoms with Crippen molar-refractivity contribution in [2.24, 2.45) is 0 Å². The summed E-state index contributed by atoms with van der Waals surface area (Å²) in [5.74, 6) is -0.974. The highest BCUT2D eigenvalue weighted by molar-refractivity contribution is 5.71. The van der Waals surface area contributed by atoms with Gasteiger partial charge in [0.05, 0.1) is 0 Å². The van der Waals surface area contributed by atoms with E-state index in [1.165, 1.54) is 57.8 Å². The molecule has 82 heavy (non-hydrogen) atoms. The molecule has 0 aromatic heterocycles. The van der Waals surface area contributed by atoms with Crippen LogP contribution in [0.15, 0.2) is 182 Å². The Morgan fingerprint density at radius 1 is 0.256 bits per heavy atom. The number of unbranched alkanes of at least 4 members (excludes halogenated alkanes) is 16. The van der Waals surface area contributed by atoms with Gasteiger partial charge in [-0.15, -0.1) is 0 Å². The van der Waals surface area contributed by atoms with Gasteiger partial charge in [-0.1, -0.05) is 280 Å². The molecule has 0 aliphatic heterocycles. The van der Waals surface area contributed by atoms with Crippen LogP contribution in [-0.2, 0) is 28.6 Å². The van der Waals surface area contributed by atoms with E-state index in [4.69, 9.17) is 14.2 Å². The number of rotatable bonds is 57. The summed E-state index contributed by atoms with van der Waals surface area (Å²) in [5.41, 5.74) is 0. The Bertz CT molecular complexity index is 1920. The second-order valence-corrected chi connectivity index (χ2v) is 20.9. The van der Waals surface area contributed by atoms with Crippen LogP contribution in [-0.4, -0.2) is 37.2 Å². The molecule has 0 fully saturated rings. The van der Waals surface area contributed by atoms with Crippen molar-refractivity contribution in [2.45, 2.75) is 264 Å². The van der Waals surface area contributed by atoms with E-state index in [-0.39, 0.29) is 37.5 Å². The predicted octanol–water partition coefficient (Wildman–Crippen LogP) is 22.8. The molecule has 1 atom stereocenters. The van der Waals surface area contributed by atoms with Crippen LogP contribution in [0.25, 0.3) is 0 Å². The minimum Gasteiger partial charge on any atom is -0.462 e. The fourth-order valence-electron chi connectivity index (χ4n) is 8.32. The highest BCUT2D eigenvalue weighted by atomic mass is 16.6. The lowest BCUT2D eigenvalue weighted by molar-refractivity contribution is -0.167. The molecular formula is C76H118O6. The van der Waals surface area contributed by atoms with Crippen LogP contribution >= 0.6 is 0 Å². The van der Waals surface area contributed by atoms with Gasteiger partial charge in [-0.3, -0.25) is 14.4 Å². The molecule has 1 unspecified atom stereocenters. The van der Waals surface area contributed by atoms with E-state index in [0.717, 1.165) is 154 Å². The molecule has 0 aliphatic rings. The maximum atomic E-state index is 12.9. The van der Waals surface area contributed by atoms with Gasteiger partial charge in [-0.25, -0.2) is 0 Å². The van der Waals surface area contributed by atoms with Gasteiger partial charge >= 0.3 is 17.9 Å². The molecule has 6 nitrogen and oxygen atoms in total. The summed E-state index contributed by atoms with van der Waals surface area (Å²) in [4.78, 5) is 38.2. The lowest BCUT2D eigenvalue weighted by Crippen LogP contribution is -2.30. The first kappa shape index (κ1) is 76.5. The van der Waals surface area contributed by atoms with E-state index in [9.17, 15) is 14.4 Å². The molecule has 0 aromatic carbocycles. The Kier molecular flexibility index (Phi) is 63.5. The first-order valence-electron chi connectivity index (χ1n) is 32.8. The maximum Gasteiger partial charge on any atom is 0.306 e. The Hall–Kier alpha value is -5.49. The zero-order valence-electron chi connectivity index (χ0n) is 52.4. The van der Waals surface area contributed by atoms with Crippen LogP contribution in [0.3, 0.4) is 0 Å². The zero-order valence-corrected chi connectivity index (χ0v) is 52.4. The molecule has 0 spiro atoms. The van der Waals surface area contributed by atoms with Crippen molar-refractivity contribution < 1.29 is 28.6 Å². The van der Waals surface area contributed by atoms with Gasteiger partial charge in [-0.2, -0.15) is 0 Å². The Labute approximate surface area is 504 Å². The van der Waals surface area contributed by atoms with Crippen LogP contribution in [0, 0.1) is 0 Å². The normalized spacial score (nSPS) is 13.4. The van der Waals surface area contributed by atoms with E-state index >= 15 is 0 Å². The molecule has 0 aliphatic carbocycles. The average molecular weight is 1130 g/mol. The van der Waals surface area contributed by atoms with Gasteiger partial charge in [0.2, 0.25) is 0 Å². The van der Waals surface area contributed by atoms with Crippen LogP contribution in [0.1, 0.15) is 258 Å². The van der Waals surface area contributed by atoms with Gasteiger partial charge in [0, 0.05) is 19.3 Å². The summed E-state index contributed by atoms with van der Waals surface area (Å²) in [6, 6.07) is 0. The van der Waals surface area contributed by atoms with Crippen molar-refractivity contribution in [3.8, 4) is 0 Å². The third kappa shape index (κ3) is 65.3. The van der Waals surface area contributed by atoms with E-state index in [2.05, 4.69) is 203 Å². The lowest BCUT2D eigenvalue weighted by Gasteiger charge is -2.18. The quantitative estimate of drug-likeness (QED) is 0.0261. The number of ether oxygens (including phenoxy) is 3. The first-order valence-corrected chi connectivity index (χ1v) is 32.8. The topological polar surface area (TPSA) is 78.9 Å². The van der Waals surface area contributed by atoms with Crippen molar-refractivity contribution in [2.75, 3.05) is 13.2 Å². The van der Waals surface area contributed by atoms with Crippen molar-refractivity contribution in [3.05, 3.63) is 182 Å². The molecule has 0 saturated carbocycles. The molecule has 0 N–H and O–H groups in total. The van der Waals surface area contributed by atoms with Gasteiger partial charge in [0.1, 0.15) is 13.2 Å². The van der Waals surface area contributed by atoms with Crippen LogP contribution in [0.4, 0.5) is 0 Å². The summed E-state index contributed by atoms with van der Waals surface area (Å²) in [5, 5.41) is 0. The summed E-state index contributed by atoms with van der Waals surface area (Å²) in [6.07, 6.45) is 102. The Morgan fingerprint density at radius 3 is 0.768 bits per heavy atom. The second kappa shape index (κ2) is 68.0. The number of allylic oxidation sites excluding steroid dienone is 30. The van der Waals surface area contributed by atoms with Crippen LogP contribution < -0.4 is 0 Å². The Morgan fingerprint density at radius 2 is 0.476 bits per heavy atom. The van der Waals surface area contributed by atoms with Gasteiger partial charge < -0.3 is 14.2 Å². The fourth-order valence-corrected chi connectivity index (χ4v) is 8.32. The molecule has 0 amide bonds. The Balaban J connectivity index is 4.34. The molecule has 0 heterocycles. The molecule has 0 aromatic rings. The van der Waals surface area contributed by atoms with Crippen LogP contribution in [0.5, 0.6) is 0 Å². The average Bonchev–Trinajstić information content (AvgIpc) is 3.48. The largest absolute Gasteiger partial charge is 0.462 e. The highest BCUT2D eigenvalue weighted by Gasteiger charge is 2.19. The summed E-state index contributed by atoms with van der Waals surface area (Å²) >= 11 is 0. The smallest absolute Gasteiger partial charge is 0.306 e. The van der Waals surface area contributed by atoms with Crippen molar-refractivity contribution in [1.82, 2.24) is 0 Å². The minimum atomic E-state index is -0.815. The molecule has 0 bridgehead atoms. The second-order valence-electron chi connectivity index (χ2n) is 20.9.